The molecule has 4 heteroatoms. The molecule has 0 bridgehead atoms. The molecular weight excluding hydrogens is 203 g/mol. The Hall–Kier alpha value is 0.579. The SMILES string of the molecule is CCCCCCC[P+](=O)O.[Fe]. The van der Waals surface area contributed by atoms with Crippen LogP contribution in [0.4, 0.5) is 0 Å². The minimum absolute atomic E-state index is 0. The van der Waals surface area contributed by atoms with Crippen LogP contribution in [0.5, 0.6) is 0 Å². The van der Waals surface area contributed by atoms with Crippen LogP contribution in [-0.2, 0) is 21.6 Å². The molecule has 0 saturated carbocycles. The third kappa shape index (κ3) is 13.6. The molecule has 0 aliphatic carbocycles. The Kier molecular flexibility index (Phi) is 13.6. The molecule has 68 valence electrons. The maximum absolute atomic E-state index is 10.2. The van der Waals surface area contributed by atoms with E-state index in [0.29, 0.717) is 6.16 Å². The minimum Gasteiger partial charge on any atom is -0.161 e. The van der Waals surface area contributed by atoms with E-state index in [9.17, 15) is 4.57 Å². The van der Waals surface area contributed by atoms with Crippen LogP contribution in [0.1, 0.15) is 39.0 Å². The van der Waals surface area contributed by atoms with Gasteiger partial charge in [0.2, 0.25) is 0 Å². The van der Waals surface area contributed by atoms with Crippen molar-refractivity contribution >= 4 is 8.03 Å². The van der Waals surface area contributed by atoms with Crippen LogP contribution >= 0.6 is 8.03 Å². The van der Waals surface area contributed by atoms with Crippen molar-refractivity contribution in [1.82, 2.24) is 0 Å². The number of hydrogen-bond donors (Lipinski definition) is 1. The molecule has 0 rings (SSSR count). The zero-order valence-electron chi connectivity index (χ0n) is 6.90. The van der Waals surface area contributed by atoms with E-state index < -0.39 is 8.03 Å². The molecule has 0 fully saturated rings. The topological polar surface area (TPSA) is 37.3 Å². The summed E-state index contributed by atoms with van der Waals surface area (Å²) in [6, 6.07) is 0. The molecule has 0 aromatic heterocycles. The number of hydrogen-bond acceptors (Lipinski definition) is 1. The molecule has 2 nitrogen and oxygen atoms in total. The van der Waals surface area contributed by atoms with Crippen LogP contribution in [0.2, 0.25) is 0 Å². The quantitative estimate of drug-likeness (QED) is 0.423. The molecule has 0 aromatic rings. The minimum atomic E-state index is -1.87. The predicted octanol–water partition coefficient (Wildman–Crippen LogP) is 2.69. The summed E-state index contributed by atoms with van der Waals surface area (Å²) >= 11 is 0. The summed E-state index contributed by atoms with van der Waals surface area (Å²) in [5.41, 5.74) is 0. The third-order valence-electron chi connectivity index (χ3n) is 1.45. The fourth-order valence-corrected chi connectivity index (χ4v) is 1.34. The second kappa shape index (κ2) is 10.6. The Morgan fingerprint density at radius 2 is 1.73 bits per heavy atom. The molecule has 0 spiro atoms. The van der Waals surface area contributed by atoms with Gasteiger partial charge in [-0.3, -0.25) is 0 Å². The van der Waals surface area contributed by atoms with E-state index in [2.05, 4.69) is 6.92 Å². The normalized spacial score (nSPS) is 10.5. The second-order valence-electron chi connectivity index (χ2n) is 2.49. The number of rotatable bonds is 6. The molecule has 0 aliphatic rings. The largest absolute Gasteiger partial charge is 0.505 e. The van der Waals surface area contributed by atoms with Crippen molar-refractivity contribution in [3.8, 4) is 0 Å². The maximum atomic E-state index is 10.2. The van der Waals surface area contributed by atoms with Crippen molar-refractivity contribution in [1.29, 1.82) is 0 Å². The van der Waals surface area contributed by atoms with Crippen LogP contribution < -0.4 is 0 Å². The first-order valence-corrected chi connectivity index (χ1v) is 5.30. The molecule has 0 saturated heterocycles. The van der Waals surface area contributed by atoms with E-state index in [-0.39, 0.29) is 17.1 Å². The van der Waals surface area contributed by atoms with Crippen molar-refractivity contribution in [3.05, 3.63) is 0 Å². The van der Waals surface area contributed by atoms with Crippen molar-refractivity contribution in [2.24, 2.45) is 0 Å². The fraction of sp³-hybridized carbons (Fsp3) is 1.00. The third-order valence-corrected chi connectivity index (χ3v) is 2.15. The molecule has 0 radical (unpaired) electrons. The van der Waals surface area contributed by atoms with Crippen molar-refractivity contribution < 1.29 is 26.5 Å². The van der Waals surface area contributed by atoms with Crippen LogP contribution in [-0.4, -0.2) is 11.1 Å². The molecule has 1 N–H and O–H groups in total. The number of unbranched alkanes of at least 4 members (excludes halogenated alkanes) is 4. The molecule has 0 aromatic carbocycles. The molecule has 1 unspecified atom stereocenters. The molecular formula is C7H16FeO2P+. The van der Waals surface area contributed by atoms with Gasteiger partial charge in [-0.1, -0.05) is 26.2 Å². The first kappa shape index (κ1) is 14.1. The Morgan fingerprint density at radius 1 is 1.18 bits per heavy atom. The van der Waals surface area contributed by atoms with Crippen LogP contribution in [0.15, 0.2) is 0 Å². The molecule has 0 amide bonds. The zero-order valence-corrected chi connectivity index (χ0v) is 8.90. The fourth-order valence-electron chi connectivity index (χ4n) is 0.851. The van der Waals surface area contributed by atoms with Gasteiger partial charge >= 0.3 is 8.03 Å². The van der Waals surface area contributed by atoms with Gasteiger partial charge in [-0.15, -0.1) is 0 Å². The van der Waals surface area contributed by atoms with E-state index >= 15 is 0 Å². The molecule has 1 atom stereocenters. The van der Waals surface area contributed by atoms with Crippen LogP contribution in [0, 0.1) is 0 Å². The summed E-state index contributed by atoms with van der Waals surface area (Å²) in [5, 5.41) is 0. The Bertz CT molecular complexity index is 98.4. The predicted molar refractivity (Wildman–Crippen MR) is 43.5 cm³/mol. The molecule has 11 heavy (non-hydrogen) atoms. The van der Waals surface area contributed by atoms with E-state index in [4.69, 9.17) is 4.89 Å². The summed E-state index contributed by atoms with van der Waals surface area (Å²) in [4.78, 5) is 8.42. The van der Waals surface area contributed by atoms with E-state index in [0.717, 1.165) is 12.8 Å². The molecule has 0 aliphatic heterocycles. The molecule has 0 heterocycles. The van der Waals surface area contributed by atoms with Gasteiger partial charge in [0.05, 0.1) is 0 Å². The monoisotopic (exact) mass is 219 g/mol. The first-order chi connectivity index (χ1) is 4.77. The van der Waals surface area contributed by atoms with Gasteiger partial charge in [-0.05, 0) is 17.4 Å². The average molecular weight is 219 g/mol. The van der Waals surface area contributed by atoms with E-state index in [1.807, 2.05) is 0 Å². The van der Waals surface area contributed by atoms with Crippen LogP contribution in [0.25, 0.3) is 0 Å². The first-order valence-electron chi connectivity index (χ1n) is 3.91. The Labute approximate surface area is 80.1 Å². The summed E-state index contributed by atoms with van der Waals surface area (Å²) in [7, 11) is -1.87. The van der Waals surface area contributed by atoms with Gasteiger partial charge < -0.3 is 0 Å². The van der Waals surface area contributed by atoms with Gasteiger partial charge in [0.1, 0.15) is 0 Å². The van der Waals surface area contributed by atoms with Gasteiger partial charge in [-0.25, -0.2) is 0 Å². The van der Waals surface area contributed by atoms with Gasteiger partial charge in [-0.2, -0.15) is 4.89 Å². The summed E-state index contributed by atoms with van der Waals surface area (Å²) in [5.74, 6) is 0. The maximum Gasteiger partial charge on any atom is 0.505 e. The standard InChI is InChI=1S/C7H15O2P.Fe/c1-2-3-4-5-6-7-10(8)9;/h2-7H2,1H3;/p+1. The Balaban J connectivity index is 0. The van der Waals surface area contributed by atoms with Crippen molar-refractivity contribution in [3.63, 3.8) is 0 Å². The van der Waals surface area contributed by atoms with E-state index in [1.165, 1.54) is 19.3 Å². The smallest absolute Gasteiger partial charge is 0.161 e. The second-order valence-corrected chi connectivity index (χ2v) is 3.64. The van der Waals surface area contributed by atoms with Gasteiger partial charge in [0.25, 0.3) is 0 Å². The summed E-state index contributed by atoms with van der Waals surface area (Å²) < 4.78 is 10.2. The zero-order chi connectivity index (χ0) is 7.82. The Morgan fingerprint density at radius 3 is 2.18 bits per heavy atom. The van der Waals surface area contributed by atoms with Gasteiger partial charge in [0.15, 0.2) is 6.16 Å². The average Bonchev–Trinajstić information content (AvgIpc) is 1.87. The van der Waals surface area contributed by atoms with Crippen LogP contribution in [0.3, 0.4) is 0 Å². The van der Waals surface area contributed by atoms with Crippen molar-refractivity contribution in [2.75, 3.05) is 6.16 Å². The van der Waals surface area contributed by atoms with Gasteiger partial charge in [0, 0.05) is 17.1 Å². The summed E-state index contributed by atoms with van der Waals surface area (Å²) in [6.07, 6.45) is 6.19. The summed E-state index contributed by atoms with van der Waals surface area (Å²) in [6.45, 7) is 2.16. The van der Waals surface area contributed by atoms with Crippen molar-refractivity contribution in [2.45, 2.75) is 39.0 Å². The van der Waals surface area contributed by atoms with E-state index in [1.54, 1.807) is 0 Å².